The van der Waals surface area contributed by atoms with Gasteiger partial charge >= 0.3 is 6.09 Å². The van der Waals surface area contributed by atoms with E-state index in [2.05, 4.69) is 5.32 Å². The SMILES string of the molecule is CC(C)(C)OC(=O)N[C@H](c1ccccc1)C1COC(C)(C)O1. The quantitative estimate of drug-likeness (QED) is 0.930. The summed E-state index contributed by atoms with van der Waals surface area (Å²) in [6.07, 6.45) is -0.723. The molecule has 1 aliphatic rings. The summed E-state index contributed by atoms with van der Waals surface area (Å²) in [5, 5.41) is 2.90. The second-order valence-corrected chi connectivity index (χ2v) is 6.90. The van der Waals surface area contributed by atoms with Crippen molar-refractivity contribution < 1.29 is 19.0 Å². The van der Waals surface area contributed by atoms with E-state index in [0.29, 0.717) is 6.61 Å². The number of alkyl carbamates (subject to hydrolysis) is 1. The molecule has 2 atom stereocenters. The molecule has 1 aliphatic heterocycles. The van der Waals surface area contributed by atoms with Crippen LogP contribution in [0.5, 0.6) is 0 Å². The molecule has 0 aromatic heterocycles. The zero-order valence-electron chi connectivity index (χ0n) is 13.9. The molecule has 2 rings (SSSR count). The fourth-order valence-corrected chi connectivity index (χ4v) is 2.37. The third kappa shape index (κ3) is 4.71. The van der Waals surface area contributed by atoms with Crippen molar-refractivity contribution in [1.29, 1.82) is 0 Å². The Hall–Kier alpha value is -1.59. The molecule has 1 fully saturated rings. The van der Waals surface area contributed by atoms with E-state index in [0.717, 1.165) is 5.56 Å². The number of hydrogen-bond donors (Lipinski definition) is 1. The molecule has 5 heteroatoms. The molecule has 0 spiro atoms. The van der Waals surface area contributed by atoms with Gasteiger partial charge in [0.2, 0.25) is 0 Å². The van der Waals surface area contributed by atoms with Crippen LogP contribution in [-0.2, 0) is 14.2 Å². The first-order valence-electron chi connectivity index (χ1n) is 7.52. The normalized spacial score (nSPS) is 22.1. The Bertz CT molecular complexity index is 507. The molecule has 1 amide bonds. The lowest BCUT2D eigenvalue weighted by molar-refractivity contribution is -0.141. The van der Waals surface area contributed by atoms with Crippen molar-refractivity contribution in [1.82, 2.24) is 5.32 Å². The monoisotopic (exact) mass is 307 g/mol. The van der Waals surface area contributed by atoms with Crippen molar-refractivity contribution in [2.75, 3.05) is 6.61 Å². The summed E-state index contributed by atoms with van der Waals surface area (Å²) < 4.78 is 16.9. The van der Waals surface area contributed by atoms with Crippen LogP contribution in [0, 0.1) is 0 Å². The highest BCUT2D eigenvalue weighted by Gasteiger charge is 2.39. The Labute approximate surface area is 131 Å². The number of amides is 1. The molecule has 0 bridgehead atoms. The molecule has 5 nitrogen and oxygen atoms in total. The van der Waals surface area contributed by atoms with E-state index in [1.165, 1.54) is 0 Å². The maximum Gasteiger partial charge on any atom is 0.408 e. The Morgan fingerprint density at radius 2 is 1.95 bits per heavy atom. The number of ether oxygens (including phenoxy) is 3. The van der Waals surface area contributed by atoms with Gasteiger partial charge in [-0.05, 0) is 40.2 Å². The number of hydrogen-bond acceptors (Lipinski definition) is 4. The molecule has 1 unspecified atom stereocenters. The van der Waals surface area contributed by atoms with Crippen LogP contribution in [0.25, 0.3) is 0 Å². The Morgan fingerprint density at radius 3 is 2.45 bits per heavy atom. The van der Waals surface area contributed by atoms with Crippen molar-refractivity contribution in [3.05, 3.63) is 35.9 Å². The zero-order valence-corrected chi connectivity index (χ0v) is 13.9. The Morgan fingerprint density at radius 1 is 1.32 bits per heavy atom. The largest absolute Gasteiger partial charge is 0.444 e. The predicted molar refractivity (Wildman–Crippen MR) is 83.5 cm³/mol. The molecule has 1 aromatic rings. The fourth-order valence-electron chi connectivity index (χ4n) is 2.37. The average molecular weight is 307 g/mol. The van der Waals surface area contributed by atoms with E-state index in [1.54, 1.807) is 0 Å². The average Bonchev–Trinajstić information content (AvgIpc) is 2.75. The third-order valence-electron chi connectivity index (χ3n) is 3.23. The van der Waals surface area contributed by atoms with Crippen LogP contribution in [0.15, 0.2) is 30.3 Å². The summed E-state index contributed by atoms with van der Waals surface area (Å²) >= 11 is 0. The van der Waals surface area contributed by atoms with Gasteiger partial charge in [0, 0.05) is 0 Å². The van der Waals surface area contributed by atoms with Crippen molar-refractivity contribution in [2.24, 2.45) is 0 Å². The van der Waals surface area contributed by atoms with E-state index in [4.69, 9.17) is 14.2 Å². The lowest BCUT2D eigenvalue weighted by atomic mass is 10.0. The molecular formula is C17H25NO4. The van der Waals surface area contributed by atoms with E-state index in [9.17, 15) is 4.79 Å². The Kier molecular flexibility index (Phi) is 4.78. The minimum Gasteiger partial charge on any atom is -0.444 e. The molecule has 1 heterocycles. The summed E-state index contributed by atoms with van der Waals surface area (Å²) in [6.45, 7) is 9.65. The minimum atomic E-state index is -0.646. The molecule has 1 saturated heterocycles. The fraction of sp³-hybridized carbons (Fsp3) is 0.588. The lowest BCUT2D eigenvalue weighted by Gasteiger charge is -2.27. The molecule has 1 aromatic carbocycles. The summed E-state index contributed by atoms with van der Waals surface area (Å²) in [5.74, 6) is -0.646. The first kappa shape index (κ1) is 16.8. The summed E-state index contributed by atoms with van der Waals surface area (Å²) in [7, 11) is 0. The first-order chi connectivity index (χ1) is 10.2. The smallest absolute Gasteiger partial charge is 0.408 e. The third-order valence-corrected chi connectivity index (χ3v) is 3.23. The van der Waals surface area contributed by atoms with Crippen LogP contribution in [-0.4, -0.2) is 30.2 Å². The van der Waals surface area contributed by atoms with Gasteiger partial charge in [-0.15, -0.1) is 0 Å². The van der Waals surface area contributed by atoms with E-state index < -0.39 is 17.5 Å². The van der Waals surface area contributed by atoms with E-state index in [1.807, 2.05) is 65.0 Å². The number of nitrogens with one attached hydrogen (secondary N) is 1. The maximum atomic E-state index is 12.1. The number of carbonyl (C=O) groups is 1. The highest BCUT2D eigenvalue weighted by Crippen LogP contribution is 2.31. The van der Waals surface area contributed by atoms with Crippen LogP contribution in [0.2, 0.25) is 0 Å². The van der Waals surface area contributed by atoms with Gasteiger partial charge in [0.15, 0.2) is 5.79 Å². The predicted octanol–water partition coefficient (Wildman–Crippen LogP) is 3.40. The summed E-state index contributed by atoms with van der Waals surface area (Å²) in [5.41, 5.74) is 0.414. The highest BCUT2D eigenvalue weighted by molar-refractivity contribution is 5.68. The van der Waals surface area contributed by atoms with Crippen molar-refractivity contribution >= 4 is 6.09 Å². The van der Waals surface area contributed by atoms with Gasteiger partial charge in [-0.3, -0.25) is 0 Å². The van der Waals surface area contributed by atoms with Crippen molar-refractivity contribution in [2.45, 2.75) is 58.2 Å². The molecule has 1 N–H and O–H groups in total. The summed E-state index contributed by atoms with van der Waals surface area (Å²) in [6, 6.07) is 9.38. The topological polar surface area (TPSA) is 56.8 Å². The van der Waals surface area contributed by atoms with Crippen LogP contribution in [0.1, 0.15) is 46.2 Å². The van der Waals surface area contributed by atoms with Gasteiger partial charge in [-0.2, -0.15) is 0 Å². The Balaban J connectivity index is 2.15. The van der Waals surface area contributed by atoms with Gasteiger partial charge in [-0.25, -0.2) is 4.79 Å². The number of benzene rings is 1. The summed E-state index contributed by atoms with van der Waals surface area (Å²) in [4.78, 5) is 12.1. The molecule has 122 valence electrons. The second-order valence-electron chi connectivity index (χ2n) is 6.90. The van der Waals surface area contributed by atoms with Crippen LogP contribution in [0.4, 0.5) is 4.79 Å². The second kappa shape index (κ2) is 6.26. The lowest BCUT2D eigenvalue weighted by Crippen LogP contribution is -2.41. The minimum absolute atomic E-state index is 0.259. The number of carbonyl (C=O) groups excluding carboxylic acids is 1. The highest BCUT2D eigenvalue weighted by atomic mass is 16.7. The molecule has 0 radical (unpaired) electrons. The van der Waals surface area contributed by atoms with Gasteiger partial charge < -0.3 is 19.5 Å². The van der Waals surface area contributed by atoms with Crippen LogP contribution >= 0.6 is 0 Å². The van der Waals surface area contributed by atoms with Gasteiger partial charge in [0.25, 0.3) is 0 Å². The van der Waals surface area contributed by atoms with Crippen LogP contribution in [0.3, 0.4) is 0 Å². The van der Waals surface area contributed by atoms with Gasteiger partial charge in [0.05, 0.1) is 12.6 Å². The van der Waals surface area contributed by atoms with Crippen molar-refractivity contribution in [3.63, 3.8) is 0 Å². The standard InChI is InChI=1S/C17H25NO4/c1-16(2,3)22-15(19)18-14(12-9-7-6-8-10-12)13-11-20-17(4,5)21-13/h6-10,13-14H,11H2,1-5H3,(H,18,19)/t13?,14-/m1/s1. The maximum absolute atomic E-state index is 12.1. The van der Waals surface area contributed by atoms with Gasteiger partial charge in [-0.1, -0.05) is 30.3 Å². The molecular weight excluding hydrogens is 282 g/mol. The molecule has 0 aliphatic carbocycles. The zero-order chi connectivity index (χ0) is 16.4. The van der Waals surface area contributed by atoms with Crippen LogP contribution < -0.4 is 5.32 Å². The first-order valence-corrected chi connectivity index (χ1v) is 7.52. The molecule has 0 saturated carbocycles. The number of rotatable bonds is 3. The van der Waals surface area contributed by atoms with Crippen molar-refractivity contribution in [3.8, 4) is 0 Å². The molecule has 22 heavy (non-hydrogen) atoms. The van der Waals surface area contributed by atoms with E-state index >= 15 is 0 Å². The van der Waals surface area contributed by atoms with E-state index in [-0.39, 0.29) is 12.1 Å². The van der Waals surface area contributed by atoms with Gasteiger partial charge in [0.1, 0.15) is 11.7 Å².